The molecule has 0 spiro atoms. The van der Waals surface area contributed by atoms with E-state index in [1.165, 1.54) is 0 Å². The molecule has 0 saturated heterocycles. The molecule has 0 aliphatic rings. The van der Waals surface area contributed by atoms with Gasteiger partial charge in [0.25, 0.3) is 0 Å². The first-order valence-electron chi connectivity index (χ1n) is 7.31. The summed E-state index contributed by atoms with van der Waals surface area (Å²) in [6, 6.07) is 0. The van der Waals surface area contributed by atoms with Gasteiger partial charge in [-0.25, -0.2) is 12.8 Å². The molecule has 1 unspecified atom stereocenters. The van der Waals surface area contributed by atoms with E-state index < -0.39 is 75.6 Å². The summed E-state index contributed by atoms with van der Waals surface area (Å²) in [7, 11) is -8.27. The Morgan fingerprint density at radius 1 is 0.528 bits per heavy atom. The zero-order chi connectivity index (χ0) is 29.3. The van der Waals surface area contributed by atoms with E-state index in [4.69, 9.17) is 0 Å². The van der Waals surface area contributed by atoms with Crippen molar-refractivity contribution in [1.82, 2.24) is 0 Å². The minimum atomic E-state index is -9.13. The predicted octanol–water partition coefficient (Wildman–Crippen LogP) is 2.87. The van der Waals surface area contributed by atoms with Crippen LogP contribution >= 0.6 is 0 Å². The molecule has 0 aromatic heterocycles. The van der Waals surface area contributed by atoms with Crippen LogP contribution in [0.15, 0.2) is 0 Å². The Hall–Kier alpha value is 0.146. The fourth-order valence-corrected chi connectivity index (χ4v) is 2.31. The molecule has 36 heavy (non-hydrogen) atoms. The van der Waals surface area contributed by atoms with Gasteiger partial charge in [0.1, 0.15) is 0 Å². The molecule has 0 heterocycles. The van der Waals surface area contributed by atoms with Gasteiger partial charge in [-0.2, -0.15) is 83.4 Å². The van der Waals surface area contributed by atoms with E-state index >= 15 is 0 Å². The van der Waals surface area contributed by atoms with Gasteiger partial charge in [0.2, 0.25) is 0 Å². The summed E-state index contributed by atoms with van der Waals surface area (Å²) in [6.45, 7) is 0. The average Bonchev–Trinajstić information content (AvgIpc) is 2.57. The van der Waals surface area contributed by atoms with E-state index in [1.807, 2.05) is 0 Å². The first-order chi connectivity index (χ1) is 14.6. The molecule has 1 atom stereocenters. The monoisotopic (exact) mass is 634 g/mol. The van der Waals surface area contributed by atoms with E-state index in [-0.39, 0.29) is 51.4 Å². The van der Waals surface area contributed by atoms with Crippen LogP contribution in [-0.2, 0) is 10.1 Å². The number of halogens is 20. The van der Waals surface area contributed by atoms with Crippen LogP contribution in [-0.4, -0.2) is 72.0 Å². The summed E-state index contributed by atoms with van der Waals surface area (Å²) >= 11 is 0. The first kappa shape index (κ1) is 38.3. The number of hydrogen-bond donors (Lipinski definition) is 0. The molecule has 0 aliphatic carbocycles. The molecule has 0 amide bonds. The van der Waals surface area contributed by atoms with Crippen molar-refractivity contribution in [2.24, 2.45) is 0 Å². The molecule has 0 saturated carbocycles. The minimum absolute atomic E-state index is 0. The van der Waals surface area contributed by atoms with Crippen LogP contribution in [0.4, 0.5) is 87.8 Å². The van der Waals surface area contributed by atoms with Crippen molar-refractivity contribution in [3.63, 3.8) is 0 Å². The summed E-state index contributed by atoms with van der Waals surface area (Å²) < 4.78 is 290. The molecule has 0 N–H and O–H groups in total. The maximum Gasteiger partial charge on any atom is 1.00 e. The van der Waals surface area contributed by atoms with Crippen molar-refractivity contribution in [1.29, 1.82) is 0 Å². The van der Waals surface area contributed by atoms with Gasteiger partial charge in [0, 0.05) is 0 Å². The van der Waals surface area contributed by atoms with Crippen molar-refractivity contribution in [2.45, 2.75) is 65.5 Å². The third kappa shape index (κ3) is 5.43. The van der Waals surface area contributed by atoms with Gasteiger partial charge in [-0.3, -0.25) is 0 Å². The predicted molar refractivity (Wildman–Crippen MR) is 64.8 cm³/mol. The molecule has 25 heteroatoms. The summed E-state index contributed by atoms with van der Waals surface area (Å²) in [5, 5.41) is -8.08. The zero-order valence-corrected chi connectivity index (χ0v) is 19.9. The Morgan fingerprint density at radius 3 is 1.03 bits per heavy atom. The molecule has 0 radical (unpaired) electrons. The maximum absolute atomic E-state index is 13.4. The topological polar surface area (TPSA) is 57.2 Å². The molecule has 0 bridgehead atoms. The summed E-state index contributed by atoms with van der Waals surface area (Å²) in [6.07, 6.45) is -15.9. The second-order valence-electron chi connectivity index (χ2n) is 6.33. The van der Waals surface area contributed by atoms with Crippen LogP contribution in [0, 0.1) is 0 Å². The van der Waals surface area contributed by atoms with Gasteiger partial charge in [-0.15, -0.1) is 0 Å². The Kier molecular flexibility index (Phi) is 10.6. The van der Waals surface area contributed by atoms with Crippen molar-refractivity contribution < 1.29 is 152 Å². The zero-order valence-electron chi connectivity index (χ0n) is 16.0. The summed E-state index contributed by atoms with van der Waals surface area (Å²) in [5.74, 6) is -61.3. The third-order valence-electron chi connectivity index (χ3n) is 3.87. The van der Waals surface area contributed by atoms with Crippen LogP contribution in [0.25, 0.3) is 0 Å². The van der Waals surface area contributed by atoms with E-state index in [1.54, 1.807) is 0 Å². The van der Waals surface area contributed by atoms with Gasteiger partial charge in [0.15, 0.2) is 16.3 Å². The van der Waals surface area contributed by atoms with Crippen LogP contribution in [0.2, 0.25) is 0 Å². The molecule has 0 rings (SSSR count). The average molecular weight is 634 g/mol. The molecular formula is C11H3F20KO3S. The van der Waals surface area contributed by atoms with Crippen molar-refractivity contribution in [3.05, 3.63) is 0 Å². The Bertz CT molecular complexity index is 893. The number of hydrogen-bond acceptors (Lipinski definition) is 3. The molecular weight excluding hydrogens is 631 g/mol. The van der Waals surface area contributed by atoms with Gasteiger partial charge >= 0.3 is 104 Å². The number of alkyl halides is 20. The quantitative estimate of drug-likeness (QED) is 0.211. The second-order valence-corrected chi connectivity index (χ2v) is 7.75. The van der Waals surface area contributed by atoms with Crippen molar-refractivity contribution >= 4 is 10.1 Å². The largest absolute Gasteiger partial charge is 1.00 e. The SMILES string of the molecule is O=S(=O)([O-])C(F)(F)C(F)(F)C(F)(F)C(F)(F)C(F)(F)C(F)(F)C(F)(F)C(F)(F)C(F)CC(F)(F)F.[K+]. The van der Waals surface area contributed by atoms with Crippen molar-refractivity contribution in [3.8, 4) is 0 Å². The van der Waals surface area contributed by atoms with E-state index in [0.717, 1.165) is 0 Å². The van der Waals surface area contributed by atoms with Crippen molar-refractivity contribution in [2.75, 3.05) is 0 Å². The molecule has 212 valence electrons. The number of rotatable bonds is 10. The molecule has 0 aromatic rings. The second kappa shape index (κ2) is 9.96. The summed E-state index contributed by atoms with van der Waals surface area (Å²) in [4.78, 5) is 0. The third-order valence-corrected chi connectivity index (χ3v) is 4.76. The van der Waals surface area contributed by atoms with Crippen LogP contribution in [0.3, 0.4) is 0 Å². The fourth-order valence-electron chi connectivity index (χ4n) is 1.87. The fraction of sp³-hybridized carbons (Fsp3) is 1.00. The standard InChI is InChI=1S/C11H4F20O3S.K/c12-2(1-3(13,14)15)4(16,17)5(18,19)6(20,21)7(22,23)8(24,25)9(26,27)10(28,29)11(30,31)35(32,33)34;/h2H,1H2,(H,32,33,34);/q;+1/p-1. The Labute approximate surface area is 226 Å². The van der Waals surface area contributed by atoms with Gasteiger partial charge < -0.3 is 4.55 Å². The minimum Gasteiger partial charge on any atom is -0.743 e. The van der Waals surface area contributed by atoms with Crippen LogP contribution in [0.1, 0.15) is 6.42 Å². The van der Waals surface area contributed by atoms with Gasteiger partial charge in [0.05, 0.1) is 6.42 Å². The molecule has 0 fully saturated rings. The van der Waals surface area contributed by atoms with E-state index in [9.17, 15) is 101 Å². The van der Waals surface area contributed by atoms with E-state index in [0.29, 0.717) is 0 Å². The van der Waals surface area contributed by atoms with Crippen LogP contribution in [0.5, 0.6) is 0 Å². The van der Waals surface area contributed by atoms with E-state index in [2.05, 4.69) is 0 Å². The normalized spacial score (nSPS) is 17.0. The summed E-state index contributed by atoms with van der Waals surface area (Å²) in [5.41, 5.74) is 0. The van der Waals surface area contributed by atoms with Gasteiger partial charge in [-0.05, 0) is 0 Å². The molecule has 0 aliphatic heterocycles. The Morgan fingerprint density at radius 2 is 0.778 bits per heavy atom. The smallest absolute Gasteiger partial charge is 0.743 e. The molecule has 3 nitrogen and oxygen atoms in total. The maximum atomic E-state index is 13.4. The molecule has 0 aromatic carbocycles. The Balaban J connectivity index is 0. The van der Waals surface area contributed by atoms with Crippen LogP contribution < -0.4 is 51.4 Å². The first-order valence-corrected chi connectivity index (χ1v) is 8.72. The van der Waals surface area contributed by atoms with Gasteiger partial charge in [-0.1, -0.05) is 0 Å².